The van der Waals surface area contributed by atoms with Crippen molar-refractivity contribution in [3.8, 4) is 17.5 Å². The van der Waals surface area contributed by atoms with E-state index in [0.29, 0.717) is 41.1 Å². The molecule has 3 heterocycles. The lowest BCUT2D eigenvalue weighted by Gasteiger charge is -2.38. The fourth-order valence-electron chi connectivity index (χ4n) is 4.45. The number of amides is 1. The maximum Gasteiger partial charge on any atom is 0.264 e. The molecular formula is C26H23FN6O4. The summed E-state index contributed by atoms with van der Waals surface area (Å²) in [5.74, 6) is -0.149. The lowest BCUT2D eigenvalue weighted by Crippen LogP contribution is -2.49. The zero-order chi connectivity index (χ0) is 26.0. The molecule has 11 heteroatoms. The van der Waals surface area contributed by atoms with Crippen LogP contribution in [-0.4, -0.2) is 60.5 Å². The Labute approximate surface area is 210 Å². The Kier molecular flexibility index (Phi) is 6.42. The van der Waals surface area contributed by atoms with Gasteiger partial charge in [0.1, 0.15) is 29.3 Å². The number of aromatic nitrogens is 4. The van der Waals surface area contributed by atoms with Crippen molar-refractivity contribution < 1.29 is 19.0 Å². The van der Waals surface area contributed by atoms with Gasteiger partial charge in [-0.3, -0.25) is 14.2 Å². The number of rotatable bonds is 6. The summed E-state index contributed by atoms with van der Waals surface area (Å²) in [5.41, 5.74) is -0.179. The molecular weight excluding hydrogens is 479 g/mol. The highest BCUT2D eigenvalue weighted by Crippen LogP contribution is 2.25. The Bertz CT molecular complexity index is 1550. The average Bonchev–Trinajstić information content (AvgIpc) is 3.35. The van der Waals surface area contributed by atoms with Crippen molar-refractivity contribution in [3.05, 3.63) is 82.8 Å². The molecule has 0 atom stereocenters. The van der Waals surface area contributed by atoms with Gasteiger partial charge in [0.2, 0.25) is 0 Å². The van der Waals surface area contributed by atoms with Crippen LogP contribution in [-0.2, 0) is 6.54 Å². The largest absolute Gasteiger partial charge is 0.479 e. The number of benzene rings is 2. The second-order valence-electron chi connectivity index (χ2n) is 8.94. The molecule has 2 aromatic carbocycles. The first-order valence-electron chi connectivity index (χ1n) is 11.7. The maximum absolute atomic E-state index is 13.2. The molecule has 5 rings (SSSR count). The second kappa shape index (κ2) is 9.83. The molecule has 0 radical (unpaired) electrons. The average molecular weight is 503 g/mol. The Morgan fingerprint density at radius 2 is 1.95 bits per heavy atom. The Balaban J connectivity index is 1.31. The summed E-state index contributed by atoms with van der Waals surface area (Å²) in [7, 11) is 0. The third-order valence-electron chi connectivity index (χ3n) is 6.46. The number of aliphatic hydroxyl groups is 1. The van der Waals surface area contributed by atoms with Crippen LogP contribution in [0.2, 0.25) is 0 Å². The Morgan fingerprint density at radius 3 is 2.68 bits per heavy atom. The van der Waals surface area contributed by atoms with Crippen LogP contribution in [0.25, 0.3) is 16.7 Å². The highest BCUT2D eigenvalue weighted by molar-refractivity contribution is 5.94. The van der Waals surface area contributed by atoms with Crippen LogP contribution in [0.15, 0.2) is 65.8 Å². The van der Waals surface area contributed by atoms with E-state index in [2.05, 4.69) is 10.1 Å². The van der Waals surface area contributed by atoms with Gasteiger partial charge in [-0.1, -0.05) is 6.07 Å². The van der Waals surface area contributed by atoms with E-state index in [9.17, 15) is 19.1 Å². The first-order valence-corrected chi connectivity index (χ1v) is 11.7. The highest BCUT2D eigenvalue weighted by atomic mass is 19.1. The van der Waals surface area contributed by atoms with Gasteiger partial charge in [0.15, 0.2) is 12.3 Å². The zero-order valence-electron chi connectivity index (χ0n) is 19.7. The molecule has 2 aromatic heterocycles. The molecule has 10 nitrogen and oxygen atoms in total. The lowest BCUT2D eigenvalue weighted by atomic mass is 9.91. The van der Waals surface area contributed by atoms with E-state index in [0.717, 1.165) is 0 Å². The van der Waals surface area contributed by atoms with Crippen molar-refractivity contribution in [1.82, 2.24) is 24.2 Å². The van der Waals surface area contributed by atoms with Gasteiger partial charge in [0.05, 0.1) is 24.0 Å². The molecule has 0 unspecified atom stereocenters. The predicted molar refractivity (Wildman–Crippen MR) is 131 cm³/mol. The van der Waals surface area contributed by atoms with E-state index in [-0.39, 0.29) is 37.5 Å². The van der Waals surface area contributed by atoms with Gasteiger partial charge in [-0.05, 0) is 49.2 Å². The summed E-state index contributed by atoms with van der Waals surface area (Å²) < 4.78 is 21.4. The standard InChI is InChI=1S/C26H23FN6O4/c27-19-6-4-18(5-7-19)24(34)31-11-8-26(36,9-12-31)16-32-17-29-23-22(25(32)35)15-30-33(23)20-2-1-3-21(14-20)37-13-10-28/h1-7,14-15,17,36H,8-9,11-13,16H2. The molecule has 0 aliphatic carbocycles. The molecule has 1 aliphatic rings. The summed E-state index contributed by atoms with van der Waals surface area (Å²) >= 11 is 0. The van der Waals surface area contributed by atoms with E-state index >= 15 is 0 Å². The molecule has 0 bridgehead atoms. The molecule has 1 aliphatic heterocycles. The van der Waals surface area contributed by atoms with Crippen LogP contribution in [0, 0.1) is 17.1 Å². The van der Waals surface area contributed by atoms with Crippen LogP contribution >= 0.6 is 0 Å². The van der Waals surface area contributed by atoms with E-state index in [1.54, 1.807) is 29.2 Å². The maximum atomic E-state index is 13.2. The quantitative estimate of drug-likeness (QED) is 0.429. The third kappa shape index (κ3) is 4.92. The molecule has 1 saturated heterocycles. The fraction of sp³-hybridized carbons (Fsp3) is 0.269. The van der Waals surface area contributed by atoms with E-state index < -0.39 is 11.4 Å². The van der Waals surface area contributed by atoms with Gasteiger partial charge in [-0.2, -0.15) is 10.4 Å². The number of carbonyl (C=O) groups is 1. The predicted octanol–water partition coefficient (Wildman–Crippen LogP) is 2.29. The van der Waals surface area contributed by atoms with Gasteiger partial charge >= 0.3 is 0 Å². The van der Waals surface area contributed by atoms with Crippen molar-refractivity contribution in [1.29, 1.82) is 5.26 Å². The number of likely N-dealkylation sites (tertiary alicyclic amines) is 1. The van der Waals surface area contributed by atoms with E-state index in [1.165, 1.54) is 46.0 Å². The van der Waals surface area contributed by atoms with Gasteiger partial charge in [0, 0.05) is 24.7 Å². The number of carbonyl (C=O) groups excluding carboxylic acids is 1. The van der Waals surface area contributed by atoms with Crippen molar-refractivity contribution in [2.24, 2.45) is 0 Å². The second-order valence-corrected chi connectivity index (χ2v) is 8.94. The van der Waals surface area contributed by atoms with Crippen LogP contribution in [0.4, 0.5) is 4.39 Å². The number of ether oxygens (including phenoxy) is 1. The smallest absolute Gasteiger partial charge is 0.264 e. The zero-order valence-corrected chi connectivity index (χ0v) is 19.7. The fourth-order valence-corrected chi connectivity index (χ4v) is 4.45. The summed E-state index contributed by atoms with van der Waals surface area (Å²) in [6, 6.07) is 14.2. The van der Waals surface area contributed by atoms with E-state index in [1.807, 2.05) is 6.07 Å². The monoisotopic (exact) mass is 502 g/mol. The highest BCUT2D eigenvalue weighted by Gasteiger charge is 2.35. The lowest BCUT2D eigenvalue weighted by molar-refractivity contribution is -0.0299. The van der Waals surface area contributed by atoms with Gasteiger partial charge in [-0.25, -0.2) is 14.1 Å². The molecule has 0 spiro atoms. The molecule has 188 valence electrons. The van der Waals surface area contributed by atoms with Crippen molar-refractivity contribution in [2.75, 3.05) is 19.7 Å². The van der Waals surface area contributed by atoms with Crippen LogP contribution in [0.5, 0.6) is 5.75 Å². The third-order valence-corrected chi connectivity index (χ3v) is 6.46. The van der Waals surface area contributed by atoms with Crippen LogP contribution < -0.4 is 10.3 Å². The first-order chi connectivity index (χ1) is 17.9. The number of halogens is 1. The number of nitrogens with zero attached hydrogens (tertiary/aromatic N) is 6. The Morgan fingerprint density at radius 1 is 1.19 bits per heavy atom. The van der Waals surface area contributed by atoms with Crippen molar-refractivity contribution >= 4 is 16.9 Å². The van der Waals surface area contributed by atoms with Gasteiger partial charge in [0.25, 0.3) is 11.5 Å². The van der Waals surface area contributed by atoms with Crippen LogP contribution in [0.3, 0.4) is 0 Å². The number of nitriles is 1. The van der Waals surface area contributed by atoms with Crippen LogP contribution in [0.1, 0.15) is 23.2 Å². The first kappa shape index (κ1) is 24.1. The SMILES string of the molecule is N#CCOc1cccc(-n2ncc3c(=O)n(CC4(O)CCN(C(=O)c5ccc(F)cc5)CC4)cnc32)c1. The molecule has 1 fully saturated rings. The van der Waals surface area contributed by atoms with Crippen molar-refractivity contribution in [2.45, 2.75) is 25.0 Å². The number of fused-ring (bicyclic) bond motifs is 1. The molecule has 1 amide bonds. The minimum absolute atomic E-state index is 0.0238. The Hall–Kier alpha value is -4.56. The molecule has 37 heavy (non-hydrogen) atoms. The minimum Gasteiger partial charge on any atom is -0.479 e. The normalized spacial score (nSPS) is 14.9. The summed E-state index contributed by atoms with van der Waals surface area (Å²) in [4.78, 5) is 31.9. The molecule has 4 aromatic rings. The summed E-state index contributed by atoms with van der Waals surface area (Å²) in [6.07, 6.45) is 3.36. The molecule has 0 saturated carbocycles. The van der Waals surface area contributed by atoms with Gasteiger partial charge in [-0.15, -0.1) is 0 Å². The number of hydrogen-bond donors (Lipinski definition) is 1. The van der Waals surface area contributed by atoms with Gasteiger partial charge < -0.3 is 14.7 Å². The van der Waals surface area contributed by atoms with E-state index in [4.69, 9.17) is 10.00 Å². The summed E-state index contributed by atoms with van der Waals surface area (Å²) in [6.45, 7) is 0.544. The minimum atomic E-state index is -1.19. The molecule has 1 N–H and O–H groups in total. The number of piperidine rings is 1. The summed E-state index contributed by atoms with van der Waals surface area (Å²) in [5, 5.41) is 24.5. The van der Waals surface area contributed by atoms with Crippen molar-refractivity contribution in [3.63, 3.8) is 0 Å². The number of hydrogen-bond acceptors (Lipinski definition) is 7. The topological polar surface area (TPSA) is 126 Å².